The maximum absolute atomic E-state index is 12.1. The number of nitrogens with zero attached hydrogens (tertiary/aromatic N) is 1. The zero-order valence-corrected chi connectivity index (χ0v) is 12.6. The molecule has 2 aliphatic rings. The van der Waals surface area contributed by atoms with E-state index in [0.29, 0.717) is 24.5 Å². The van der Waals surface area contributed by atoms with Crippen molar-refractivity contribution in [1.29, 1.82) is 0 Å². The van der Waals surface area contributed by atoms with Crippen molar-refractivity contribution >= 4 is 23.4 Å². The molecule has 5 nitrogen and oxygen atoms in total. The Labute approximate surface area is 128 Å². The van der Waals surface area contributed by atoms with Gasteiger partial charge >= 0.3 is 0 Å². The SMILES string of the molecule is C[C@@H]1NC(=O)[C@@H]2C[C@H](NCc3cccc(Cl)c3)CN2C1=O. The molecule has 0 unspecified atom stereocenters. The first-order chi connectivity index (χ1) is 10.0. The Kier molecular flexibility index (Phi) is 3.87. The standard InChI is InChI=1S/C15H18ClN3O2/c1-9-15(21)19-8-12(6-13(19)14(20)18-9)17-7-10-3-2-4-11(16)5-10/h2-5,9,12-13,17H,6-8H2,1H3,(H,18,20)/t9-,12-,13-/m0/s1. The summed E-state index contributed by atoms with van der Waals surface area (Å²) in [6.07, 6.45) is 0.658. The summed E-state index contributed by atoms with van der Waals surface area (Å²) in [6, 6.07) is 7.05. The Morgan fingerprint density at radius 2 is 2.24 bits per heavy atom. The largest absolute Gasteiger partial charge is 0.343 e. The number of hydrogen-bond donors (Lipinski definition) is 2. The van der Waals surface area contributed by atoms with Crippen molar-refractivity contribution in [3.63, 3.8) is 0 Å². The molecule has 3 atom stereocenters. The highest BCUT2D eigenvalue weighted by atomic mass is 35.5. The van der Waals surface area contributed by atoms with Crippen molar-refractivity contribution in [2.24, 2.45) is 0 Å². The molecule has 2 N–H and O–H groups in total. The zero-order chi connectivity index (χ0) is 15.0. The lowest BCUT2D eigenvalue weighted by molar-refractivity contribution is -0.146. The molecule has 0 aromatic heterocycles. The minimum atomic E-state index is -0.416. The third-order valence-corrected chi connectivity index (χ3v) is 4.33. The summed E-state index contributed by atoms with van der Waals surface area (Å²) < 4.78 is 0. The average molecular weight is 308 g/mol. The molecule has 112 valence electrons. The Bertz CT molecular complexity index is 578. The van der Waals surface area contributed by atoms with E-state index in [1.807, 2.05) is 24.3 Å². The number of amides is 2. The van der Waals surface area contributed by atoms with Gasteiger partial charge in [-0.05, 0) is 31.0 Å². The number of fused-ring (bicyclic) bond motifs is 1. The van der Waals surface area contributed by atoms with Crippen LogP contribution >= 0.6 is 11.6 Å². The minimum absolute atomic E-state index is 0.00616. The molecule has 2 fully saturated rings. The highest BCUT2D eigenvalue weighted by Gasteiger charge is 2.44. The summed E-state index contributed by atoms with van der Waals surface area (Å²) in [5, 5.41) is 6.84. The number of nitrogens with one attached hydrogen (secondary N) is 2. The summed E-state index contributed by atoms with van der Waals surface area (Å²) in [7, 11) is 0. The van der Waals surface area contributed by atoms with Gasteiger partial charge in [0.15, 0.2) is 0 Å². The lowest BCUT2D eigenvalue weighted by Crippen LogP contribution is -2.60. The van der Waals surface area contributed by atoms with Crippen molar-refractivity contribution in [2.45, 2.75) is 38.0 Å². The number of carbonyl (C=O) groups excluding carboxylic acids is 2. The lowest BCUT2D eigenvalue weighted by atomic mass is 10.1. The quantitative estimate of drug-likeness (QED) is 0.873. The van der Waals surface area contributed by atoms with Gasteiger partial charge in [-0.15, -0.1) is 0 Å². The van der Waals surface area contributed by atoms with Gasteiger partial charge in [-0.25, -0.2) is 0 Å². The molecule has 2 aliphatic heterocycles. The molecule has 3 rings (SSSR count). The Morgan fingerprint density at radius 3 is 3.00 bits per heavy atom. The van der Waals surface area contributed by atoms with Gasteiger partial charge in [0.2, 0.25) is 11.8 Å². The number of rotatable bonds is 3. The smallest absolute Gasteiger partial charge is 0.245 e. The van der Waals surface area contributed by atoms with Crippen molar-refractivity contribution in [3.8, 4) is 0 Å². The molecule has 2 heterocycles. The number of halogens is 1. The Balaban J connectivity index is 1.62. The van der Waals surface area contributed by atoms with Crippen molar-refractivity contribution < 1.29 is 9.59 Å². The topological polar surface area (TPSA) is 61.4 Å². The van der Waals surface area contributed by atoms with Crippen LogP contribution in [-0.2, 0) is 16.1 Å². The number of hydrogen-bond acceptors (Lipinski definition) is 3. The monoisotopic (exact) mass is 307 g/mol. The molecule has 1 aromatic carbocycles. The van der Waals surface area contributed by atoms with E-state index >= 15 is 0 Å². The van der Waals surface area contributed by atoms with Gasteiger partial charge in [0.25, 0.3) is 0 Å². The van der Waals surface area contributed by atoms with Crippen LogP contribution in [0.3, 0.4) is 0 Å². The van der Waals surface area contributed by atoms with E-state index < -0.39 is 6.04 Å². The van der Waals surface area contributed by atoms with Gasteiger partial charge < -0.3 is 15.5 Å². The highest BCUT2D eigenvalue weighted by molar-refractivity contribution is 6.30. The normalized spacial score (nSPS) is 28.5. The highest BCUT2D eigenvalue weighted by Crippen LogP contribution is 2.23. The van der Waals surface area contributed by atoms with E-state index in [4.69, 9.17) is 11.6 Å². The van der Waals surface area contributed by atoms with Crippen LogP contribution in [-0.4, -0.2) is 41.4 Å². The summed E-state index contributed by atoms with van der Waals surface area (Å²) in [5.41, 5.74) is 1.09. The summed E-state index contributed by atoms with van der Waals surface area (Å²) in [6.45, 7) is 2.99. The molecular formula is C15H18ClN3O2. The third-order valence-electron chi connectivity index (χ3n) is 4.10. The van der Waals surface area contributed by atoms with Crippen LogP contribution in [0.4, 0.5) is 0 Å². The molecule has 2 amide bonds. The molecule has 0 spiro atoms. The van der Waals surface area contributed by atoms with Gasteiger partial charge in [-0.1, -0.05) is 23.7 Å². The van der Waals surface area contributed by atoms with Gasteiger partial charge in [0.05, 0.1) is 0 Å². The van der Waals surface area contributed by atoms with Crippen LogP contribution in [0.5, 0.6) is 0 Å². The van der Waals surface area contributed by atoms with Gasteiger partial charge in [0.1, 0.15) is 12.1 Å². The molecular weight excluding hydrogens is 290 g/mol. The predicted molar refractivity (Wildman–Crippen MR) is 79.8 cm³/mol. The summed E-state index contributed by atoms with van der Waals surface area (Å²) >= 11 is 5.96. The number of piperazine rings is 1. The van der Waals surface area contributed by atoms with Gasteiger partial charge in [-0.2, -0.15) is 0 Å². The Hall–Kier alpha value is -1.59. The van der Waals surface area contributed by atoms with Gasteiger partial charge in [-0.3, -0.25) is 9.59 Å². The zero-order valence-electron chi connectivity index (χ0n) is 11.8. The second-order valence-corrected chi connectivity index (χ2v) is 6.12. The lowest BCUT2D eigenvalue weighted by Gasteiger charge is -2.32. The van der Waals surface area contributed by atoms with E-state index in [1.54, 1.807) is 11.8 Å². The van der Waals surface area contributed by atoms with Crippen molar-refractivity contribution in [1.82, 2.24) is 15.5 Å². The molecule has 0 saturated carbocycles. The molecule has 2 saturated heterocycles. The van der Waals surface area contributed by atoms with Crippen LogP contribution in [0.15, 0.2) is 24.3 Å². The van der Waals surface area contributed by atoms with Crippen LogP contribution in [0.25, 0.3) is 0 Å². The van der Waals surface area contributed by atoms with E-state index in [2.05, 4.69) is 10.6 Å². The molecule has 0 bridgehead atoms. The fraction of sp³-hybridized carbons (Fsp3) is 0.467. The van der Waals surface area contributed by atoms with Crippen molar-refractivity contribution in [3.05, 3.63) is 34.9 Å². The fourth-order valence-corrected chi connectivity index (χ4v) is 3.22. The predicted octanol–water partition coefficient (Wildman–Crippen LogP) is 0.917. The van der Waals surface area contributed by atoms with E-state index in [1.165, 1.54) is 0 Å². The maximum Gasteiger partial charge on any atom is 0.245 e. The first-order valence-electron chi connectivity index (χ1n) is 7.13. The van der Waals surface area contributed by atoms with Crippen LogP contribution < -0.4 is 10.6 Å². The summed E-state index contributed by atoms with van der Waals surface area (Å²) in [4.78, 5) is 25.7. The molecule has 0 radical (unpaired) electrons. The van der Waals surface area contributed by atoms with Crippen LogP contribution in [0.1, 0.15) is 18.9 Å². The molecule has 1 aromatic rings. The first-order valence-corrected chi connectivity index (χ1v) is 7.51. The average Bonchev–Trinajstić information content (AvgIpc) is 2.88. The van der Waals surface area contributed by atoms with Crippen LogP contribution in [0, 0.1) is 0 Å². The third kappa shape index (κ3) is 2.89. The van der Waals surface area contributed by atoms with Gasteiger partial charge in [0, 0.05) is 24.2 Å². The minimum Gasteiger partial charge on any atom is -0.343 e. The molecule has 0 aliphatic carbocycles. The Morgan fingerprint density at radius 1 is 1.43 bits per heavy atom. The number of carbonyl (C=O) groups is 2. The molecule has 21 heavy (non-hydrogen) atoms. The summed E-state index contributed by atoms with van der Waals surface area (Å²) in [5.74, 6) is -0.0409. The second kappa shape index (κ2) is 5.66. The molecule has 6 heteroatoms. The first kappa shape index (κ1) is 14.4. The number of benzene rings is 1. The van der Waals surface area contributed by atoms with Crippen LogP contribution in [0.2, 0.25) is 5.02 Å². The second-order valence-electron chi connectivity index (χ2n) is 5.68. The fourth-order valence-electron chi connectivity index (χ4n) is 3.01. The van der Waals surface area contributed by atoms with E-state index in [0.717, 1.165) is 5.56 Å². The van der Waals surface area contributed by atoms with E-state index in [9.17, 15) is 9.59 Å². The van der Waals surface area contributed by atoms with Crippen molar-refractivity contribution in [2.75, 3.05) is 6.54 Å². The maximum atomic E-state index is 12.1. The van der Waals surface area contributed by atoms with E-state index in [-0.39, 0.29) is 23.9 Å².